The Morgan fingerprint density at radius 1 is 1.42 bits per heavy atom. The molecule has 1 rings (SSSR count). The molecule has 0 spiro atoms. The van der Waals surface area contributed by atoms with Gasteiger partial charge in [0, 0.05) is 12.1 Å². The van der Waals surface area contributed by atoms with E-state index in [0.717, 1.165) is 16.5 Å². The molecule has 0 aromatic heterocycles. The topological polar surface area (TPSA) is 64.3 Å². The van der Waals surface area contributed by atoms with Crippen molar-refractivity contribution in [1.29, 1.82) is 0 Å². The Bertz CT molecular complexity index is 433. The van der Waals surface area contributed by atoms with Crippen LogP contribution in [-0.2, 0) is 11.2 Å². The summed E-state index contributed by atoms with van der Waals surface area (Å²) < 4.78 is 6.31. The highest BCUT2D eigenvalue weighted by atomic mass is 79.9. The van der Waals surface area contributed by atoms with Crippen LogP contribution < -0.4 is 15.8 Å². The fourth-order valence-corrected chi connectivity index (χ4v) is 2.21. The molecule has 0 bridgehead atoms. The van der Waals surface area contributed by atoms with Crippen molar-refractivity contribution < 1.29 is 9.53 Å². The third-order valence-corrected chi connectivity index (χ3v) is 2.98. The molecule has 1 aromatic rings. The highest BCUT2D eigenvalue weighted by Crippen LogP contribution is 2.26. The van der Waals surface area contributed by atoms with E-state index in [9.17, 15) is 4.79 Å². The summed E-state index contributed by atoms with van der Waals surface area (Å²) in [6.45, 7) is 5.81. The van der Waals surface area contributed by atoms with E-state index >= 15 is 0 Å². The highest BCUT2D eigenvalue weighted by Gasteiger charge is 2.08. The molecule has 0 aliphatic heterocycles. The van der Waals surface area contributed by atoms with E-state index in [0.29, 0.717) is 5.75 Å². The molecule has 3 N–H and O–H groups in total. The summed E-state index contributed by atoms with van der Waals surface area (Å²) in [5.74, 6) is 0.536. The molecule has 0 radical (unpaired) electrons. The standard InChI is InChI=1S/C14H21BrN2O2/c1-9(2)17-14(18)8-19-13-5-4-11(6-10(3)16)7-12(13)15/h4-5,7,9-10H,6,8,16H2,1-3H3,(H,17,18). The Morgan fingerprint density at radius 3 is 2.63 bits per heavy atom. The zero-order valence-electron chi connectivity index (χ0n) is 11.6. The van der Waals surface area contributed by atoms with Gasteiger partial charge in [-0.2, -0.15) is 0 Å². The number of amides is 1. The lowest BCUT2D eigenvalue weighted by molar-refractivity contribution is -0.123. The summed E-state index contributed by atoms with van der Waals surface area (Å²) in [5, 5.41) is 2.77. The summed E-state index contributed by atoms with van der Waals surface area (Å²) >= 11 is 3.44. The van der Waals surface area contributed by atoms with Gasteiger partial charge in [-0.1, -0.05) is 6.07 Å². The molecule has 19 heavy (non-hydrogen) atoms. The van der Waals surface area contributed by atoms with Gasteiger partial charge in [-0.05, 0) is 60.8 Å². The average Bonchev–Trinajstić information content (AvgIpc) is 2.26. The molecular formula is C14H21BrN2O2. The first-order valence-electron chi connectivity index (χ1n) is 6.34. The molecule has 1 unspecified atom stereocenters. The Kier molecular flexibility index (Phi) is 6.31. The summed E-state index contributed by atoms with van der Waals surface area (Å²) in [6.07, 6.45) is 0.812. The minimum absolute atomic E-state index is 0.0173. The van der Waals surface area contributed by atoms with Crippen LogP contribution in [0.15, 0.2) is 22.7 Å². The third kappa shape index (κ3) is 6.07. The van der Waals surface area contributed by atoms with Crippen LogP contribution in [0.5, 0.6) is 5.75 Å². The molecule has 1 amide bonds. The van der Waals surface area contributed by atoms with Gasteiger partial charge < -0.3 is 15.8 Å². The molecule has 0 saturated carbocycles. The van der Waals surface area contributed by atoms with E-state index in [1.54, 1.807) is 0 Å². The first-order valence-corrected chi connectivity index (χ1v) is 7.14. The predicted octanol–water partition coefficient (Wildman–Crippen LogP) is 2.24. The predicted molar refractivity (Wildman–Crippen MR) is 80.3 cm³/mol. The SMILES string of the molecule is CC(N)Cc1ccc(OCC(=O)NC(C)C)c(Br)c1. The van der Waals surface area contributed by atoms with Crippen LogP contribution in [0.3, 0.4) is 0 Å². The van der Waals surface area contributed by atoms with Crippen molar-refractivity contribution in [3.05, 3.63) is 28.2 Å². The fraction of sp³-hybridized carbons (Fsp3) is 0.500. The van der Waals surface area contributed by atoms with Crippen LogP contribution in [0, 0.1) is 0 Å². The average molecular weight is 329 g/mol. The van der Waals surface area contributed by atoms with Crippen molar-refractivity contribution >= 4 is 21.8 Å². The molecule has 5 heteroatoms. The molecule has 0 fully saturated rings. The molecule has 1 aromatic carbocycles. The number of rotatable bonds is 6. The van der Waals surface area contributed by atoms with Crippen molar-refractivity contribution in [1.82, 2.24) is 5.32 Å². The second-order valence-electron chi connectivity index (χ2n) is 4.96. The van der Waals surface area contributed by atoms with Crippen molar-refractivity contribution in [3.8, 4) is 5.75 Å². The second-order valence-corrected chi connectivity index (χ2v) is 5.81. The van der Waals surface area contributed by atoms with Crippen LogP contribution in [0.1, 0.15) is 26.3 Å². The Hall–Kier alpha value is -1.07. The number of benzene rings is 1. The van der Waals surface area contributed by atoms with E-state index in [4.69, 9.17) is 10.5 Å². The van der Waals surface area contributed by atoms with Crippen LogP contribution >= 0.6 is 15.9 Å². The number of hydrogen-bond donors (Lipinski definition) is 2. The normalized spacial score (nSPS) is 12.3. The molecule has 0 saturated heterocycles. The number of hydrogen-bond acceptors (Lipinski definition) is 3. The van der Waals surface area contributed by atoms with Crippen molar-refractivity contribution in [2.24, 2.45) is 5.73 Å². The third-order valence-electron chi connectivity index (χ3n) is 2.36. The van der Waals surface area contributed by atoms with E-state index < -0.39 is 0 Å². The quantitative estimate of drug-likeness (QED) is 0.841. The molecule has 4 nitrogen and oxygen atoms in total. The van der Waals surface area contributed by atoms with Gasteiger partial charge in [0.1, 0.15) is 5.75 Å². The van der Waals surface area contributed by atoms with Crippen molar-refractivity contribution in [2.45, 2.75) is 39.3 Å². The largest absolute Gasteiger partial charge is 0.483 e. The summed E-state index contributed by atoms with van der Waals surface area (Å²) in [5.41, 5.74) is 6.90. The van der Waals surface area contributed by atoms with E-state index in [1.807, 2.05) is 39.0 Å². The van der Waals surface area contributed by atoms with Gasteiger partial charge in [-0.25, -0.2) is 0 Å². The minimum atomic E-state index is -0.124. The number of nitrogens with one attached hydrogen (secondary N) is 1. The Morgan fingerprint density at radius 2 is 2.11 bits per heavy atom. The van der Waals surface area contributed by atoms with Crippen molar-refractivity contribution in [2.75, 3.05) is 6.61 Å². The molecular weight excluding hydrogens is 308 g/mol. The van der Waals surface area contributed by atoms with Crippen LogP contribution in [0.2, 0.25) is 0 Å². The summed E-state index contributed by atoms with van der Waals surface area (Å²) in [4.78, 5) is 11.5. The van der Waals surface area contributed by atoms with Crippen LogP contribution in [0.4, 0.5) is 0 Å². The molecule has 0 heterocycles. The van der Waals surface area contributed by atoms with Gasteiger partial charge in [0.15, 0.2) is 6.61 Å². The Labute approximate surface area is 122 Å². The molecule has 0 aliphatic carbocycles. The fourth-order valence-electron chi connectivity index (χ4n) is 1.67. The second kappa shape index (κ2) is 7.50. The number of halogens is 1. The van der Waals surface area contributed by atoms with Crippen molar-refractivity contribution in [3.63, 3.8) is 0 Å². The van der Waals surface area contributed by atoms with Gasteiger partial charge in [-0.15, -0.1) is 0 Å². The molecule has 106 valence electrons. The van der Waals surface area contributed by atoms with E-state index in [-0.39, 0.29) is 24.6 Å². The van der Waals surface area contributed by atoms with Crippen LogP contribution in [0.25, 0.3) is 0 Å². The highest BCUT2D eigenvalue weighted by molar-refractivity contribution is 9.10. The smallest absolute Gasteiger partial charge is 0.258 e. The lowest BCUT2D eigenvalue weighted by Crippen LogP contribution is -2.34. The maximum Gasteiger partial charge on any atom is 0.258 e. The number of nitrogens with two attached hydrogens (primary N) is 1. The minimum Gasteiger partial charge on any atom is -0.483 e. The number of carbonyl (C=O) groups is 1. The van der Waals surface area contributed by atoms with Gasteiger partial charge in [0.25, 0.3) is 5.91 Å². The number of ether oxygens (including phenoxy) is 1. The van der Waals surface area contributed by atoms with Gasteiger partial charge in [-0.3, -0.25) is 4.79 Å². The maximum atomic E-state index is 11.5. The Balaban J connectivity index is 2.57. The summed E-state index contributed by atoms with van der Waals surface area (Å²) in [7, 11) is 0. The maximum absolute atomic E-state index is 11.5. The van der Waals surface area contributed by atoms with E-state index in [1.165, 1.54) is 0 Å². The zero-order valence-corrected chi connectivity index (χ0v) is 13.2. The number of carbonyl (C=O) groups excluding carboxylic acids is 1. The first kappa shape index (κ1) is 16.0. The summed E-state index contributed by atoms with van der Waals surface area (Å²) in [6, 6.07) is 6.02. The van der Waals surface area contributed by atoms with Gasteiger partial charge in [0.05, 0.1) is 4.47 Å². The monoisotopic (exact) mass is 328 g/mol. The first-order chi connectivity index (χ1) is 8.88. The van der Waals surface area contributed by atoms with Crippen LogP contribution in [-0.4, -0.2) is 24.6 Å². The lowest BCUT2D eigenvalue weighted by Gasteiger charge is -2.12. The van der Waals surface area contributed by atoms with E-state index in [2.05, 4.69) is 21.2 Å². The molecule has 0 aliphatic rings. The van der Waals surface area contributed by atoms with Gasteiger partial charge >= 0.3 is 0 Å². The molecule has 1 atom stereocenters. The lowest BCUT2D eigenvalue weighted by atomic mass is 10.1. The zero-order chi connectivity index (χ0) is 14.4. The van der Waals surface area contributed by atoms with Gasteiger partial charge in [0.2, 0.25) is 0 Å².